The maximum Gasteiger partial charge on any atom is 0.340 e. The van der Waals surface area contributed by atoms with Crippen molar-refractivity contribution in [3.05, 3.63) is 77.4 Å². The number of halogens is 1. The topological polar surface area (TPSA) is 76.1 Å². The van der Waals surface area contributed by atoms with Crippen LogP contribution in [0.3, 0.4) is 0 Å². The van der Waals surface area contributed by atoms with Gasteiger partial charge in [-0.25, -0.2) is 19.2 Å². The molecule has 0 unspecified atom stereocenters. The second kappa shape index (κ2) is 8.94. The van der Waals surface area contributed by atoms with Crippen LogP contribution >= 0.6 is 0 Å². The van der Waals surface area contributed by atoms with Crippen LogP contribution in [0.15, 0.2) is 54.6 Å². The molecule has 2 aromatic carbocycles. The lowest BCUT2D eigenvalue weighted by Crippen LogP contribution is -2.09. The first kappa shape index (κ1) is 19.3. The van der Waals surface area contributed by atoms with Gasteiger partial charge in [0.25, 0.3) is 0 Å². The van der Waals surface area contributed by atoms with Gasteiger partial charge in [-0.05, 0) is 43.7 Å². The quantitative estimate of drug-likeness (QED) is 0.590. The first-order valence-electron chi connectivity index (χ1n) is 8.92. The van der Waals surface area contributed by atoms with Crippen LogP contribution < -0.4 is 10.6 Å². The Morgan fingerprint density at radius 2 is 1.79 bits per heavy atom. The SMILES string of the molecule is CCOC(=O)c1ccccc1Nc1cc(NCc2ccc(F)cc2)nc(C)n1. The van der Waals surface area contributed by atoms with E-state index in [4.69, 9.17) is 4.74 Å². The molecule has 28 heavy (non-hydrogen) atoms. The standard InChI is InChI=1S/C21H21FN4O2/c1-3-28-21(27)17-6-4-5-7-18(17)26-20-12-19(24-14(2)25-20)23-13-15-8-10-16(22)11-9-15/h4-12H,3,13H2,1-2H3,(H2,23,24,25,26). The molecule has 0 amide bonds. The summed E-state index contributed by atoms with van der Waals surface area (Å²) in [5.41, 5.74) is 1.96. The maximum atomic E-state index is 13.0. The summed E-state index contributed by atoms with van der Waals surface area (Å²) in [7, 11) is 0. The van der Waals surface area contributed by atoms with E-state index in [9.17, 15) is 9.18 Å². The van der Waals surface area contributed by atoms with Crippen molar-refractivity contribution in [1.29, 1.82) is 0 Å². The molecule has 3 aromatic rings. The minimum Gasteiger partial charge on any atom is -0.462 e. The van der Waals surface area contributed by atoms with Gasteiger partial charge in [-0.3, -0.25) is 0 Å². The summed E-state index contributed by atoms with van der Waals surface area (Å²) < 4.78 is 18.1. The van der Waals surface area contributed by atoms with Crippen LogP contribution in [0.5, 0.6) is 0 Å². The molecule has 0 bridgehead atoms. The van der Waals surface area contributed by atoms with Gasteiger partial charge < -0.3 is 15.4 Å². The van der Waals surface area contributed by atoms with E-state index in [0.717, 1.165) is 5.56 Å². The zero-order valence-corrected chi connectivity index (χ0v) is 15.7. The van der Waals surface area contributed by atoms with Gasteiger partial charge in [-0.15, -0.1) is 0 Å². The van der Waals surface area contributed by atoms with Gasteiger partial charge in [0.2, 0.25) is 0 Å². The van der Waals surface area contributed by atoms with Gasteiger partial charge in [0.05, 0.1) is 17.9 Å². The van der Waals surface area contributed by atoms with Crippen LogP contribution in [-0.4, -0.2) is 22.5 Å². The molecule has 3 rings (SSSR count). The zero-order valence-electron chi connectivity index (χ0n) is 15.7. The van der Waals surface area contributed by atoms with E-state index in [1.54, 1.807) is 50.2 Å². The summed E-state index contributed by atoms with van der Waals surface area (Å²) in [6, 6.07) is 15.1. The number of nitrogens with zero attached hydrogens (tertiary/aromatic N) is 2. The highest BCUT2D eigenvalue weighted by molar-refractivity contribution is 5.96. The summed E-state index contributed by atoms with van der Waals surface area (Å²) in [4.78, 5) is 20.9. The largest absolute Gasteiger partial charge is 0.462 e. The number of hydrogen-bond donors (Lipinski definition) is 2. The maximum absolute atomic E-state index is 13.0. The van der Waals surface area contributed by atoms with Crippen LogP contribution in [0.1, 0.15) is 28.7 Å². The Morgan fingerprint density at radius 3 is 2.54 bits per heavy atom. The van der Waals surface area contributed by atoms with E-state index >= 15 is 0 Å². The molecule has 0 saturated heterocycles. The van der Waals surface area contributed by atoms with Gasteiger partial charge in [0.15, 0.2) is 0 Å². The van der Waals surface area contributed by atoms with Crippen molar-refractivity contribution in [2.75, 3.05) is 17.2 Å². The molecule has 2 N–H and O–H groups in total. The van der Waals surface area contributed by atoms with E-state index in [-0.39, 0.29) is 5.82 Å². The Hall–Kier alpha value is -3.48. The molecule has 7 heteroatoms. The third kappa shape index (κ3) is 5.03. The molecular weight excluding hydrogens is 359 g/mol. The number of benzene rings is 2. The minimum absolute atomic E-state index is 0.270. The summed E-state index contributed by atoms with van der Waals surface area (Å²) in [6.07, 6.45) is 0. The third-order valence-corrected chi connectivity index (χ3v) is 3.91. The van der Waals surface area contributed by atoms with Crippen LogP contribution in [-0.2, 0) is 11.3 Å². The van der Waals surface area contributed by atoms with E-state index in [1.165, 1.54) is 12.1 Å². The molecule has 0 fully saturated rings. The lowest BCUT2D eigenvalue weighted by atomic mass is 10.2. The van der Waals surface area contributed by atoms with E-state index in [2.05, 4.69) is 20.6 Å². The molecule has 0 aliphatic heterocycles. The second-order valence-electron chi connectivity index (χ2n) is 6.06. The molecule has 0 radical (unpaired) electrons. The monoisotopic (exact) mass is 380 g/mol. The van der Waals surface area contributed by atoms with Crippen molar-refractivity contribution in [3.8, 4) is 0 Å². The smallest absolute Gasteiger partial charge is 0.340 e. The van der Waals surface area contributed by atoms with Crippen molar-refractivity contribution in [2.45, 2.75) is 20.4 Å². The number of ether oxygens (including phenoxy) is 1. The highest BCUT2D eigenvalue weighted by Crippen LogP contribution is 2.22. The lowest BCUT2D eigenvalue weighted by Gasteiger charge is -2.13. The molecule has 144 valence electrons. The second-order valence-corrected chi connectivity index (χ2v) is 6.06. The summed E-state index contributed by atoms with van der Waals surface area (Å²) in [5.74, 6) is 1.07. The fraction of sp³-hybridized carbons (Fsp3) is 0.190. The normalized spacial score (nSPS) is 10.4. The van der Waals surface area contributed by atoms with E-state index in [1.807, 2.05) is 6.07 Å². The van der Waals surface area contributed by atoms with Gasteiger partial charge in [0.1, 0.15) is 23.3 Å². The molecule has 0 saturated carbocycles. The highest BCUT2D eigenvalue weighted by atomic mass is 19.1. The average Bonchev–Trinajstić information content (AvgIpc) is 2.68. The number of carbonyl (C=O) groups excluding carboxylic acids is 1. The first-order chi connectivity index (χ1) is 13.5. The highest BCUT2D eigenvalue weighted by Gasteiger charge is 2.13. The van der Waals surface area contributed by atoms with Crippen LogP contribution in [0.4, 0.5) is 21.7 Å². The molecular formula is C21H21FN4O2. The minimum atomic E-state index is -0.397. The number of aryl methyl sites for hydroxylation is 1. The number of anilines is 3. The predicted octanol–water partition coefficient (Wildman–Crippen LogP) is 4.46. The number of aromatic nitrogens is 2. The van der Waals surface area contributed by atoms with Crippen molar-refractivity contribution in [2.24, 2.45) is 0 Å². The van der Waals surface area contributed by atoms with E-state index in [0.29, 0.717) is 41.9 Å². The van der Waals surface area contributed by atoms with Gasteiger partial charge in [-0.2, -0.15) is 0 Å². The summed E-state index contributed by atoms with van der Waals surface area (Å²) >= 11 is 0. The van der Waals surface area contributed by atoms with Crippen LogP contribution in [0, 0.1) is 12.7 Å². The average molecular weight is 380 g/mol. The molecule has 0 aliphatic rings. The summed E-state index contributed by atoms with van der Waals surface area (Å²) in [6.45, 7) is 4.35. The fourth-order valence-corrected chi connectivity index (χ4v) is 2.63. The van der Waals surface area contributed by atoms with Gasteiger partial charge >= 0.3 is 5.97 Å². The Kier molecular flexibility index (Phi) is 6.16. The number of rotatable bonds is 7. The van der Waals surface area contributed by atoms with E-state index < -0.39 is 5.97 Å². The molecule has 0 atom stereocenters. The zero-order chi connectivity index (χ0) is 19.9. The van der Waals surface area contributed by atoms with Crippen molar-refractivity contribution < 1.29 is 13.9 Å². The third-order valence-electron chi connectivity index (χ3n) is 3.91. The Bertz CT molecular complexity index is 961. The number of esters is 1. The predicted molar refractivity (Wildman–Crippen MR) is 106 cm³/mol. The number of nitrogens with one attached hydrogen (secondary N) is 2. The molecule has 1 aromatic heterocycles. The van der Waals surface area contributed by atoms with Crippen LogP contribution in [0.2, 0.25) is 0 Å². The number of para-hydroxylation sites is 1. The Labute approximate surface area is 162 Å². The molecule has 0 aliphatic carbocycles. The van der Waals surface area contributed by atoms with Crippen molar-refractivity contribution >= 4 is 23.3 Å². The summed E-state index contributed by atoms with van der Waals surface area (Å²) in [5, 5.41) is 6.36. The Balaban J connectivity index is 1.77. The van der Waals surface area contributed by atoms with Gasteiger partial charge in [-0.1, -0.05) is 24.3 Å². The number of carbonyl (C=O) groups is 1. The van der Waals surface area contributed by atoms with Crippen molar-refractivity contribution in [3.63, 3.8) is 0 Å². The molecule has 0 spiro atoms. The number of hydrogen-bond acceptors (Lipinski definition) is 6. The van der Waals surface area contributed by atoms with Crippen molar-refractivity contribution in [1.82, 2.24) is 9.97 Å². The molecule has 6 nitrogen and oxygen atoms in total. The lowest BCUT2D eigenvalue weighted by molar-refractivity contribution is 0.0527. The molecule has 1 heterocycles. The van der Waals surface area contributed by atoms with Crippen LogP contribution in [0.25, 0.3) is 0 Å². The fourth-order valence-electron chi connectivity index (χ4n) is 2.63. The van der Waals surface area contributed by atoms with Gasteiger partial charge in [0, 0.05) is 12.6 Å². The Morgan fingerprint density at radius 1 is 1.07 bits per heavy atom. The first-order valence-corrected chi connectivity index (χ1v) is 8.92.